The van der Waals surface area contributed by atoms with Gasteiger partial charge >= 0.3 is 12.1 Å². The highest BCUT2D eigenvalue weighted by atomic mass is 16.5. The first-order valence-electron chi connectivity index (χ1n) is 10.1. The Kier molecular flexibility index (Phi) is 7.12. The van der Waals surface area contributed by atoms with E-state index in [2.05, 4.69) is 10.6 Å². The molecule has 1 aliphatic carbocycles. The summed E-state index contributed by atoms with van der Waals surface area (Å²) in [6.45, 7) is 0.786. The summed E-state index contributed by atoms with van der Waals surface area (Å²) in [7, 11) is 1.36. The highest BCUT2D eigenvalue weighted by Gasteiger charge is 2.37. The number of methoxy groups -OCH3 is 1. The molecule has 1 aliphatic rings. The molecular weight excluding hydrogens is 416 g/mol. The van der Waals surface area contributed by atoms with E-state index >= 15 is 0 Å². The van der Waals surface area contributed by atoms with Crippen LogP contribution in [-0.2, 0) is 19.1 Å². The minimum atomic E-state index is -1.76. The van der Waals surface area contributed by atoms with E-state index in [0.717, 1.165) is 22.3 Å². The zero-order chi connectivity index (χ0) is 23.3. The summed E-state index contributed by atoms with van der Waals surface area (Å²) in [4.78, 5) is 35.8. The van der Waals surface area contributed by atoms with Gasteiger partial charge in [0, 0.05) is 13.0 Å². The summed E-state index contributed by atoms with van der Waals surface area (Å²) < 4.78 is 10.5. The van der Waals surface area contributed by atoms with Gasteiger partial charge in [-0.3, -0.25) is 4.79 Å². The summed E-state index contributed by atoms with van der Waals surface area (Å²) in [5.74, 6) is -2.32. The Hall–Kier alpha value is -3.43. The second-order valence-corrected chi connectivity index (χ2v) is 7.78. The second-order valence-electron chi connectivity index (χ2n) is 7.78. The summed E-state index contributed by atoms with van der Waals surface area (Å²) in [6.07, 6.45) is -2.58. The molecule has 9 heteroatoms. The summed E-state index contributed by atoms with van der Waals surface area (Å²) in [5, 5.41) is 22.9. The fourth-order valence-corrected chi connectivity index (χ4v) is 3.78. The highest BCUT2D eigenvalue weighted by Crippen LogP contribution is 2.44. The monoisotopic (exact) mass is 442 g/mol. The van der Waals surface area contributed by atoms with Gasteiger partial charge in [-0.25, -0.2) is 9.59 Å². The molecule has 2 aromatic carbocycles. The van der Waals surface area contributed by atoms with Crippen molar-refractivity contribution in [2.75, 3.05) is 26.9 Å². The number of benzene rings is 2. The van der Waals surface area contributed by atoms with Gasteiger partial charge in [0.2, 0.25) is 5.91 Å². The van der Waals surface area contributed by atoms with Gasteiger partial charge < -0.3 is 30.3 Å². The lowest BCUT2D eigenvalue weighted by molar-refractivity contribution is -0.146. The normalized spacial score (nSPS) is 15.1. The number of aliphatic hydroxyl groups is 1. The molecular formula is C23H26N2O7. The molecule has 1 unspecified atom stereocenters. The molecule has 3 rings (SSSR count). The lowest BCUT2D eigenvalue weighted by atomic mass is 9.98. The quantitative estimate of drug-likeness (QED) is 0.462. The lowest BCUT2D eigenvalue weighted by Gasteiger charge is -2.29. The van der Waals surface area contributed by atoms with Gasteiger partial charge in [0.25, 0.3) is 0 Å². The Bertz CT molecular complexity index is 964. The Morgan fingerprint density at radius 3 is 2.16 bits per heavy atom. The number of carboxylic acids is 1. The summed E-state index contributed by atoms with van der Waals surface area (Å²) in [6, 6.07) is 15.8. The number of fused-ring (bicyclic) bond motifs is 3. The number of aliphatic hydroxyl groups excluding tert-OH is 1. The molecule has 0 aromatic heterocycles. The number of hydrogen-bond donors (Lipinski definition) is 4. The standard InChI is InChI=1S/C23H26N2O7/c1-23(13-31-2,21(29)24-11-19(26)20(27)28)25-22(30)32-12-18-16-9-5-3-7-14(16)15-8-4-6-10-17(15)18/h3-10,18-19,26H,11-13H2,1-2H3,(H,24,29)(H,25,30)(H,27,28)/t19-,23?/m0/s1. The average molecular weight is 442 g/mol. The zero-order valence-corrected chi connectivity index (χ0v) is 17.8. The van der Waals surface area contributed by atoms with Crippen molar-refractivity contribution in [1.82, 2.24) is 10.6 Å². The smallest absolute Gasteiger partial charge is 0.408 e. The number of nitrogens with one attached hydrogen (secondary N) is 2. The van der Waals surface area contributed by atoms with Gasteiger partial charge in [0.15, 0.2) is 6.10 Å². The van der Waals surface area contributed by atoms with Crippen LogP contribution in [0.3, 0.4) is 0 Å². The van der Waals surface area contributed by atoms with Crippen LogP contribution in [0.25, 0.3) is 11.1 Å². The molecule has 0 saturated carbocycles. The van der Waals surface area contributed by atoms with Gasteiger partial charge in [0.05, 0.1) is 13.2 Å². The van der Waals surface area contributed by atoms with Crippen molar-refractivity contribution in [3.63, 3.8) is 0 Å². The van der Waals surface area contributed by atoms with Crippen molar-refractivity contribution in [3.05, 3.63) is 59.7 Å². The number of rotatable bonds is 9. The van der Waals surface area contributed by atoms with E-state index in [1.54, 1.807) is 0 Å². The van der Waals surface area contributed by atoms with Crippen molar-refractivity contribution < 1.29 is 34.1 Å². The zero-order valence-electron chi connectivity index (χ0n) is 17.8. The minimum absolute atomic E-state index is 0.0717. The molecule has 0 fully saturated rings. The van der Waals surface area contributed by atoms with Crippen LogP contribution in [0.15, 0.2) is 48.5 Å². The molecule has 0 bridgehead atoms. The van der Waals surface area contributed by atoms with Crippen LogP contribution < -0.4 is 10.6 Å². The van der Waals surface area contributed by atoms with Gasteiger partial charge in [-0.2, -0.15) is 0 Å². The molecule has 0 aliphatic heterocycles. The molecule has 2 aromatic rings. The van der Waals surface area contributed by atoms with E-state index in [4.69, 9.17) is 14.6 Å². The fraction of sp³-hybridized carbons (Fsp3) is 0.348. The Labute approximate surface area is 185 Å². The van der Waals surface area contributed by atoms with E-state index in [0.29, 0.717) is 0 Å². The number of carbonyl (C=O) groups is 3. The second kappa shape index (κ2) is 9.80. The average Bonchev–Trinajstić information content (AvgIpc) is 3.09. The third-order valence-electron chi connectivity index (χ3n) is 5.40. The number of alkyl carbamates (subject to hydrolysis) is 1. The van der Waals surface area contributed by atoms with Crippen LogP contribution in [0.4, 0.5) is 4.79 Å². The number of ether oxygens (including phenoxy) is 2. The predicted octanol–water partition coefficient (Wildman–Crippen LogP) is 1.49. The molecule has 9 nitrogen and oxygen atoms in total. The fourth-order valence-electron chi connectivity index (χ4n) is 3.78. The third kappa shape index (κ3) is 4.90. The molecule has 2 atom stereocenters. The van der Waals surface area contributed by atoms with Gasteiger partial charge in [-0.1, -0.05) is 48.5 Å². The largest absolute Gasteiger partial charge is 0.479 e. The van der Waals surface area contributed by atoms with E-state index < -0.39 is 36.2 Å². The Morgan fingerprint density at radius 1 is 1.06 bits per heavy atom. The summed E-state index contributed by atoms with van der Waals surface area (Å²) >= 11 is 0. The first-order chi connectivity index (χ1) is 15.3. The maximum atomic E-state index is 12.6. The molecule has 0 saturated heterocycles. The van der Waals surface area contributed by atoms with E-state index in [1.165, 1.54) is 14.0 Å². The lowest BCUT2D eigenvalue weighted by Crippen LogP contribution is -2.60. The molecule has 32 heavy (non-hydrogen) atoms. The van der Waals surface area contributed by atoms with Gasteiger partial charge in [-0.15, -0.1) is 0 Å². The number of hydrogen-bond acceptors (Lipinski definition) is 6. The van der Waals surface area contributed by atoms with Crippen molar-refractivity contribution in [3.8, 4) is 11.1 Å². The highest BCUT2D eigenvalue weighted by molar-refractivity contribution is 5.90. The summed E-state index contributed by atoms with van der Waals surface area (Å²) in [5.41, 5.74) is 2.77. The van der Waals surface area contributed by atoms with Gasteiger partial charge in [0.1, 0.15) is 12.1 Å². The molecule has 0 spiro atoms. The SMILES string of the molecule is COCC(C)(NC(=O)OCC1c2ccccc2-c2ccccc21)C(=O)NC[C@H](O)C(=O)O. The topological polar surface area (TPSA) is 134 Å². The minimum Gasteiger partial charge on any atom is -0.479 e. The first kappa shape index (κ1) is 23.2. The van der Waals surface area contributed by atoms with Crippen LogP contribution in [0.1, 0.15) is 24.0 Å². The predicted molar refractivity (Wildman–Crippen MR) is 115 cm³/mol. The first-order valence-corrected chi connectivity index (χ1v) is 10.1. The number of aliphatic carboxylic acids is 1. The molecule has 2 amide bonds. The van der Waals surface area contributed by atoms with Crippen molar-refractivity contribution in [2.24, 2.45) is 0 Å². The van der Waals surface area contributed by atoms with Crippen molar-refractivity contribution >= 4 is 18.0 Å². The van der Waals surface area contributed by atoms with Crippen LogP contribution in [0.2, 0.25) is 0 Å². The maximum absolute atomic E-state index is 12.6. The Morgan fingerprint density at radius 2 is 1.62 bits per heavy atom. The molecule has 4 N–H and O–H groups in total. The third-order valence-corrected chi connectivity index (χ3v) is 5.40. The molecule has 0 radical (unpaired) electrons. The number of carbonyl (C=O) groups excluding carboxylic acids is 2. The van der Waals surface area contributed by atoms with Crippen LogP contribution in [0.5, 0.6) is 0 Å². The van der Waals surface area contributed by atoms with Crippen molar-refractivity contribution in [2.45, 2.75) is 24.5 Å². The molecule has 0 heterocycles. The molecule has 170 valence electrons. The Balaban J connectivity index is 1.66. The van der Waals surface area contributed by atoms with Crippen LogP contribution in [-0.4, -0.2) is 66.7 Å². The van der Waals surface area contributed by atoms with Crippen LogP contribution in [0, 0.1) is 0 Å². The van der Waals surface area contributed by atoms with Crippen molar-refractivity contribution in [1.29, 1.82) is 0 Å². The van der Waals surface area contributed by atoms with E-state index in [1.807, 2.05) is 48.5 Å². The number of amides is 2. The van der Waals surface area contributed by atoms with E-state index in [9.17, 15) is 19.5 Å². The van der Waals surface area contributed by atoms with E-state index in [-0.39, 0.29) is 19.1 Å². The van der Waals surface area contributed by atoms with Gasteiger partial charge in [-0.05, 0) is 29.2 Å². The van der Waals surface area contributed by atoms with Crippen LogP contribution >= 0.6 is 0 Å². The maximum Gasteiger partial charge on any atom is 0.408 e. The number of carboxylic acid groups (broad SMARTS) is 1.